The van der Waals surface area contributed by atoms with Crippen molar-refractivity contribution in [1.82, 2.24) is 0 Å². The van der Waals surface area contributed by atoms with Crippen LogP contribution in [-0.4, -0.2) is 96.7 Å². The fraction of sp³-hybridized carbons (Fsp3) is 0.947. The monoisotopic (exact) mass is 1400 g/mol. The Balaban J connectivity index is 5.16. The van der Waals surface area contributed by atoms with E-state index < -0.39 is 97.5 Å². The Labute approximate surface area is 581 Å². The van der Waals surface area contributed by atoms with Gasteiger partial charge in [0.2, 0.25) is 0 Å². The highest BCUT2D eigenvalue weighted by molar-refractivity contribution is 7.47. The number of aliphatic hydroxyl groups is 1. The highest BCUT2D eigenvalue weighted by Gasteiger charge is 2.30. The number of phosphoric ester groups is 2. The zero-order chi connectivity index (χ0) is 69.8. The van der Waals surface area contributed by atoms with Crippen LogP contribution in [-0.2, 0) is 65.4 Å². The third-order valence-corrected chi connectivity index (χ3v) is 20.0. The van der Waals surface area contributed by atoms with Gasteiger partial charge in [-0.15, -0.1) is 0 Å². The number of aliphatic hydroxyl groups excluding tert-OH is 1. The molecule has 0 amide bonds. The minimum absolute atomic E-state index is 0.107. The lowest BCUT2D eigenvalue weighted by Gasteiger charge is -2.21. The summed E-state index contributed by atoms with van der Waals surface area (Å²) in [5, 5.41) is 10.6. The topological polar surface area (TPSA) is 237 Å². The Morgan fingerprint density at radius 2 is 0.505 bits per heavy atom. The number of phosphoric acid groups is 2. The Bertz CT molecular complexity index is 1820. The van der Waals surface area contributed by atoms with Gasteiger partial charge >= 0.3 is 39.5 Å². The highest BCUT2D eigenvalue weighted by atomic mass is 31.2. The predicted molar refractivity (Wildman–Crippen MR) is 386 cm³/mol. The number of carbonyl (C=O) groups is 4. The molecule has 95 heavy (non-hydrogen) atoms. The predicted octanol–water partition coefficient (Wildman–Crippen LogP) is 22.5. The largest absolute Gasteiger partial charge is 0.472 e. The van der Waals surface area contributed by atoms with Crippen LogP contribution < -0.4 is 0 Å². The molecule has 19 heteroatoms. The summed E-state index contributed by atoms with van der Waals surface area (Å²) in [4.78, 5) is 72.7. The molecule has 6 atom stereocenters. The number of ether oxygens (including phenoxy) is 4. The van der Waals surface area contributed by atoms with Crippen LogP contribution in [0.4, 0.5) is 0 Å². The van der Waals surface area contributed by atoms with Gasteiger partial charge in [-0.3, -0.25) is 37.3 Å². The van der Waals surface area contributed by atoms with Gasteiger partial charge in [0.15, 0.2) is 12.2 Å². The van der Waals surface area contributed by atoms with Crippen LogP contribution >= 0.6 is 15.6 Å². The molecule has 0 radical (unpaired) electrons. The number of unbranched alkanes of at least 4 members (excludes halogenated alkanes) is 47. The first-order valence-electron chi connectivity index (χ1n) is 39.7. The molecule has 3 N–H and O–H groups in total. The van der Waals surface area contributed by atoms with E-state index in [0.29, 0.717) is 25.7 Å². The van der Waals surface area contributed by atoms with E-state index in [9.17, 15) is 43.2 Å². The lowest BCUT2D eigenvalue weighted by Crippen LogP contribution is -2.30. The first-order chi connectivity index (χ1) is 46.1. The zero-order valence-corrected chi connectivity index (χ0v) is 63.6. The molecule has 0 aromatic carbocycles. The molecular weight excluding hydrogens is 1250 g/mol. The van der Waals surface area contributed by atoms with Crippen molar-refractivity contribution in [2.24, 2.45) is 5.92 Å². The Morgan fingerprint density at radius 1 is 0.295 bits per heavy atom. The molecule has 0 heterocycles. The van der Waals surface area contributed by atoms with Crippen LogP contribution in [0.5, 0.6) is 0 Å². The van der Waals surface area contributed by atoms with Crippen molar-refractivity contribution >= 4 is 39.5 Å². The summed E-state index contributed by atoms with van der Waals surface area (Å²) >= 11 is 0. The van der Waals surface area contributed by atoms with Gasteiger partial charge in [-0.1, -0.05) is 349 Å². The van der Waals surface area contributed by atoms with Crippen molar-refractivity contribution in [2.75, 3.05) is 39.6 Å². The van der Waals surface area contributed by atoms with Crippen molar-refractivity contribution < 1.29 is 80.2 Å². The molecule has 0 saturated heterocycles. The van der Waals surface area contributed by atoms with Gasteiger partial charge in [-0.2, -0.15) is 0 Å². The molecule has 17 nitrogen and oxygen atoms in total. The normalized spacial score (nSPS) is 14.2. The van der Waals surface area contributed by atoms with Crippen molar-refractivity contribution in [1.29, 1.82) is 0 Å². The lowest BCUT2D eigenvalue weighted by atomic mass is 9.99. The van der Waals surface area contributed by atoms with Gasteiger partial charge in [0.1, 0.15) is 19.3 Å². The molecule has 3 unspecified atom stereocenters. The maximum Gasteiger partial charge on any atom is 0.472 e. The summed E-state index contributed by atoms with van der Waals surface area (Å²) < 4.78 is 68.4. The fourth-order valence-electron chi connectivity index (χ4n) is 11.7. The van der Waals surface area contributed by atoms with Crippen molar-refractivity contribution in [3.05, 3.63) is 0 Å². The minimum atomic E-state index is -4.96. The molecule has 0 aliphatic rings. The van der Waals surface area contributed by atoms with E-state index in [1.54, 1.807) is 0 Å². The minimum Gasteiger partial charge on any atom is -0.462 e. The maximum absolute atomic E-state index is 13.1. The molecular formula is C76H148O17P2. The Morgan fingerprint density at radius 3 is 0.747 bits per heavy atom. The molecule has 0 bridgehead atoms. The van der Waals surface area contributed by atoms with E-state index in [2.05, 4.69) is 34.6 Å². The Hall–Kier alpha value is -1.94. The summed E-state index contributed by atoms with van der Waals surface area (Å²) in [5.41, 5.74) is 0. The first kappa shape index (κ1) is 93.1. The molecule has 564 valence electrons. The fourth-order valence-corrected chi connectivity index (χ4v) is 13.3. The van der Waals surface area contributed by atoms with Gasteiger partial charge in [-0.05, 0) is 31.6 Å². The van der Waals surface area contributed by atoms with Gasteiger partial charge in [0, 0.05) is 25.7 Å². The van der Waals surface area contributed by atoms with Gasteiger partial charge in [-0.25, -0.2) is 9.13 Å². The average Bonchev–Trinajstić information content (AvgIpc) is 1.82. The van der Waals surface area contributed by atoms with Crippen molar-refractivity contribution in [3.8, 4) is 0 Å². The standard InChI is InChI=1S/C76H148O17P2/c1-6-10-13-16-19-22-24-25-26-27-28-29-30-31-32-33-34-35-42-47-52-57-62-76(81)93-72(66-87-74(79)60-55-50-45-41-37-36-39-43-48-53-58-69(5)9-4)68-91-95(84,85)89-64-70(77)63-88-94(82,83)90-67-71(65-86-73(78)59-54-49-44-38-21-18-15-12-8-3)92-75(80)61-56-51-46-40-23-20-17-14-11-7-2/h69-72,77H,6-68H2,1-5H3,(H,82,83)(H,84,85)/t69?,70-,71+,72+/m0/s1. The number of hydrogen-bond donors (Lipinski definition) is 3. The van der Waals surface area contributed by atoms with Gasteiger partial charge in [0.05, 0.1) is 26.4 Å². The molecule has 0 fully saturated rings. The molecule has 0 spiro atoms. The summed E-state index contributed by atoms with van der Waals surface area (Å²) in [6, 6.07) is 0. The van der Waals surface area contributed by atoms with E-state index in [-0.39, 0.29) is 25.7 Å². The molecule has 0 aliphatic carbocycles. The van der Waals surface area contributed by atoms with Crippen LogP contribution in [0.25, 0.3) is 0 Å². The van der Waals surface area contributed by atoms with Crippen molar-refractivity contribution in [2.45, 2.75) is 419 Å². The van der Waals surface area contributed by atoms with E-state index >= 15 is 0 Å². The van der Waals surface area contributed by atoms with E-state index in [1.165, 1.54) is 225 Å². The van der Waals surface area contributed by atoms with E-state index in [0.717, 1.165) is 95.8 Å². The van der Waals surface area contributed by atoms with E-state index in [1.807, 2.05) is 0 Å². The number of esters is 4. The summed E-state index contributed by atoms with van der Waals surface area (Å²) in [6.45, 7) is 7.29. The average molecular weight is 1400 g/mol. The summed E-state index contributed by atoms with van der Waals surface area (Å²) in [5.74, 6) is -1.31. The summed E-state index contributed by atoms with van der Waals surface area (Å²) in [6.07, 6.45) is 58.3. The first-order valence-corrected chi connectivity index (χ1v) is 42.7. The second-order valence-corrected chi connectivity index (χ2v) is 30.5. The molecule has 0 aromatic heterocycles. The lowest BCUT2D eigenvalue weighted by molar-refractivity contribution is -0.161. The zero-order valence-electron chi connectivity index (χ0n) is 61.8. The Kier molecular flexibility index (Phi) is 67.7. The smallest absolute Gasteiger partial charge is 0.462 e. The van der Waals surface area contributed by atoms with Crippen LogP contribution in [0, 0.1) is 5.92 Å². The van der Waals surface area contributed by atoms with Gasteiger partial charge < -0.3 is 33.8 Å². The van der Waals surface area contributed by atoms with Gasteiger partial charge in [0.25, 0.3) is 0 Å². The highest BCUT2D eigenvalue weighted by Crippen LogP contribution is 2.45. The number of rotatable bonds is 76. The van der Waals surface area contributed by atoms with E-state index in [4.69, 9.17) is 37.0 Å². The molecule has 0 aromatic rings. The quantitative estimate of drug-likeness (QED) is 0.0222. The maximum atomic E-state index is 13.1. The van der Waals surface area contributed by atoms with Crippen molar-refractivity contribution in [3.63, 3.8) is 0 Å². The van der Waals surface area contributed by atoms with Crippen LogP contribution in [0.2, 0.25) is 0 Å². The van der Waals surface area contributed by atoms with Crippen LogP contribution in [0.1, 0.15) is 401 Å². The second kappa shape index (κ2) is 69.2. The number of carbonyl (C=O) groups excluding carboxylic acids is 4. The molecule has 0 aliphatic heterocycles. The summed E-state index contributed by atoms with van der Waals surface area (Å²) in [7, 11) is -9.90. The van der Waals surface area contributed by atoms with Crippen LogP contribution in [0.3, 0.4) is 0 Å². The third-order valence-electron chi connectivity index (χ3n) is 18.1. The second-order valence-electron chi connectivity index (χ2n) is 27.6. The third kappa shape index (κ3) is 69.0. The molecule has 0 rings (SSSR count). The number of hydrogen-bond acceptors (Lipinski definition) is 15. The molecule has 0 saturated carbocycles. The SMILES string of the molecule is CCCCCCCCCCCCCCCCCCCCCCCCC(=O)O[C@H](COC(=O)CCCCCCCCCCCCC(C)CC)COP(=O)(O)OC[C@@H](O)COP(=O)(O)OC[C@@H](COC(=O)CCCCCCCCCCC)OC(=O)CCCCCCCCCCCC. The van der Waals surface area contributed by atoms with Crippen LogP contribution in [0.15, 0.2) is 0 Å².